The largest absolute Gasteiger partial charge is 0.455 e. The first kappa shape index (κ1) is 11.6. The number of amides is 2. The highest BCUT2D eigenvalue weighted by Gasteiger charge is 2.24. The van der Waals surface area contributed by atoms with Crippen LogP contribution in [0.15, 0.2) is 48.5 Å². The van der Waals surface area contributed by atoms with E-state index in [0.29, 0.717) is 18.0 Å². The number of carbonyl (C=O) groups is 1. The van der Waals surface area contributed by atoms with Crippen molar-refractivity contribution in [2.45, 2.75) is 6.54 Å². The van der Waals surface area contributed by atoms with Crippen LogP contribution < -0.4 is 20.9 Å². The lowest BCUT2D eigenvalue weighted by molar-refractivity contribution is 0.246. The summed E-state index contributed by atoms with van der Waals surface area (Å²) in [6.07, 6.45) is 0. The maximum absolute atomic E-state index is 11.9. The van der Waals surface area contributed by atoms with Gasteiger partial charge in [0.15, 0.2) is 5.75 Å². The fourth-order valence-corrected chi connectivity index (χ4v) is 2.13. The molecule has 0 aromatic heterocycles. The summed E-state index contributed by atoms with van der Waals surface area (Å²) >= 11 is 0. The first-order valence-corrected chi connectivity index (χ1v) is 5.92. The van der Waals surface area contributed by atoms with Gasteiger partial charge in [-0.15, -0.1) is 0 Å². The van der Waals surface area contributed by atoms with Gasteiger partial charge in [-0.25, -0.2) is 10.6 Å². The van der Waals surface area contributed by atoms with E-state index in [4.69, 9.17) is 10.6 Å². The van der Waals surface area contributed by atoms with Crippen LogP contribution in [0.4, 0.5) is 10.5 Å². The molecule has 0 spiro atoms. The monoisotopic (exact) mass is 255 g/mol. The Labute approximate surface area is 110 Å². The Morgan fingerprint density at radius 3 is 2.58 bits per heavy atom. The Kier molecular flexibility index (Phi) is 2.81. The summed E-state index contributed by atoms with van der Waals surface area (Å²) in [4.78, 5) is 13.5. The number of nitrogens with two attached hydrogens (primary N) is 1. The number of carbonyl (C=O) groups excluding carboxylic acids is 1. The smallest absolute Gasteiger partial charge is 0.336 e. The third-order valence-electron chi connectivity index (χ3n) is 3.05. The van der Waals surface area contributed by atoms with E-state index in [-0.39, 0.29) is 6.03 Å². The number of rotatable bonds is 0. The van der Waals surface area contributed by atoms with Crippen LogP contribution in [0.25, 0.3) is 0 Å². The maximum atomic E-state index is 11.9. The summed E-state index contributed by atoms with van der Waals surface area (Å²) in [6, 6.07) is 14.6. The van der Waals surface area contributed by atoms with Crippen LogP contribution in [-0.4, -0.2) is 6.03 Å². The highest BCUT2D eigenvalue weighted by atomic mass is 16.5. The average Bonchev–Trinajstić information content (AvgIpc) is 2.62. The molecule has 0 atom stereocenters. The molecule has 5 heteroatoms. The minimum atomic E-state index is -0.368. The Hall–Kier alpha value is -2.53. The number of benzene rings is 2. The first-order chi connectivity index (χ1) is 9.29. The van der Waals surface area contributed by atoms with Crippen molar-refractivity contribution >= 4 is 11.7 Å². The molecule has 0 saturated carbocycles. The molecular weight excluding hydrogens is 242 g/mol. The number of hydrogen-bond acceptors (Lipinski definition) is 3. The third kappa shape index (κ3) is 2.00. The van der Waals surface area contributed by atoms with Gasteiger partial charge in [0.05, 0.1) is 12.2 Å². The van der Waals surface area contributed by atoms with Gasteiger partial charge in [-0.1, -0.05) is 30.3 Å². The predicted octanol–water partition coefficient (Wildman–Crippen LogP) is 2.38. The van der Waals surface area contributed by atoms with Crippen LogP contribution in [0.2, 0.25) is 0 Å². The van der Waals surface area contributed by atoms with Gasteiger partial charge in [0, 0.05) is 5.56 Å². The van der Waals surface area contributed by atoms with E-state index in [1.165, 1.54) is 0 Å². The SMILES string of the molecule is NNC(=O)N1Cc2ccccc2Oc2ccccc21. The van der Waals surface area contributed by atoms with Crippen LogP contribution >= 0.6 is 0 Å². The summed E-state index contributed by atoms with van der Waals surface area (Å²) in [7, 11) is 0. The number of fused-ring (bicyclic) bond motifs is 2. The number of hydrogen-bond donors (Lipinski definition) is 2. The highest BCUT2D eigenvalue weighted by Crippen LogP contribution is 2.38. The molecule has 1 aliphatic heterocycles. The van der Waals surface area contributed by atoms with Crippen molar-refractivity contribution in [3.05, 3.63) is 54.1 Å². The van der Waals surface area contributed by atoms with Crippen LogP contribution in [0.5, 0.6) is 11.5 Å². The molecule has 0 unspecified atom stereocenters. The molecule has 2 aromatic rings. The molecule has 19 heavy (non-hydrogen) atoms. The fourth-order valence-electron chi connectivity index (χ4n) is 2.13. The second-order valence-corrected chi connectivity index (χ2v) is 4.21. The van der Waals surface area contributed by atoms with E-state index in [1.807, 2.05) is 48.5 Å². The number of ether oxygens (including phenoxy) is 1. The zero-order chi connectivity index (χ0) is 13.2. The minimum Gasteiger partial charge on any atom is -0.455 e. The van der Waals surface area contributed by atoms with Gasteiger partial charge in [0.2, 0.25) is 0 Å². The van der Waals surface area contributed by atoms with E-state index < -0.39 is 0 Å². The highest BCUT2D eigenvalue weighted by molar-refractivity contribution is 5.93. The molecule has 0 radical (unpaired) electrons. The molecule has 5 nitrogen and oxygen atoms in total. The van der Waals surface area contributed by atoms with Gasteiger partial charge in [-0.3, -0.25) is 10.3 Å². The summed E-state index contributed by atoms with van der Waals surface area (Å²) < 4.78 is 5.86. The van der Waals surface area contributed by atoms with Crippen molar-refractivity contribution in [1.82, 2.24) is 5.43 Å². The van der Waals surface area contributed by atoms with E-state index >= 15 is 0 Å². The second-order valence-electron chi connectivity index (χ2n) is 4.21. The standard InChI is InChI=1S/C14H13N3O2/c15-16-14(18)17-9-10-5-1-3-7-12(10)19-13-8-4-2-6-11(13)17/h1-8H,9,15H2,(H,16,18). The van der Waals surface area contributed by atoms with Crippen LogP contribution in [-0.2, 0) is 6.54 Å². The quantitative estimate of drug-likeness (QED) is 0.431. The molecule has 1 aliphatic rings. The van der Waals surface area contributed by atoms with E-state index in [0.717, 1.165) is 11.3 Å². The minimum absolute atomic E-state index is 0.368. The third-order valence-corrected chi connectivity index (χ3v) is 3.05. The van der Waals surface area contributed by atoms with Crippen LogP contribution in [0.3, 0.4) is 0 Å². The number of para-hydroxylation sites is 3. The zero-order valence-electron chi connectivity index (χ0n) is 10.2. The molecule has 0 aliphatic carbocycles. The summed E-state index contributed by atoms with van der Waals surface area (Å²) in [5.41, 5.74) is 3.79. The number of nitrogens with one attached hydrogen (secondary N) is 1. The Balaban J connectivity index is 2.14. The molecule has 3 rings (SSSR count). The van der Waals surface area contributed by atoms with Crippen molar-refractivity contribution < 1.29 is 9.53 Å². The molecule has 0 bridgehead atoms. The van der Waals surface area contributed by atoms with Crippen LogP contribution in [0.1, 0.15) is 5.56 Å². The van der Waals surface area contributed by atoms with Gasteiger partial charge in [-0.2, -0.15) is 0 Å². The molecular formula is C14H13N3O2. The molecule has 2 aromatic carbocycles. The van der Waals surface area contributed by atoms with E-state index in [2.05, 4.69) is 5.43 Å². The maximum Gasteiger partial charge on any atom is 0.336 e. The van der Waals surface area contributed by atoms with E-state index in [1.54, 1.807) is 4.90 Å². The molecule has 0 fully saturated rings. The summed E-state index contributed by atoms with van der Waals surface area (Å²) in [6.45, 7) is 0.413. The van der Waals surface area contributed by atoms with Crippen LogP contribution in [0, 0.1) is 0 Å². The Morgan fingerprint density at radius 2 is 1.79 bits per heavy atom. The topological polar surface area (TPSA) is 67.6 Å². The fraction of sp³-hybridized carbons (Fsp3) is 0.0714. The lowest BCUT2D eigenvalue weighted by Gasteiger charge is -2.20. The normalized spacial score (nSPS) is 12.8. The number of anilines is 1. The summed E-state index contributed by atoms with van der Waals surface area (Å²) in [5, 5.41) is 0. The molecule has 96 valence electrons. The lowest BCUT2D eigenvalue weighted by Crippen LogP contribution is -2.43. The molecule has 0 saturated heterocycles. The lowest BCUT2D eigenvalue weighted by atomic mass is 10.2. The van der Waals surface area contributed by atoms with Crippen molar-refractivity contribution in [2.24, 2.45) is 5.84 Å². The van der Waals surface area contributed by atoms with E-state index in [9.17, 15) is 4.79 Å². The van der Waals surface area contributed by atoms with Crippen molar-refractivity contribution in [2.75, 3.05) is 4.90 Å². The number of nitrogens with zero attached hydrogens (tertiary/aromatic N) is 1. The predicted molar refractivity (Wildman–Crippen MR) is 71.9 cm³/mol. The first-order valence-electron chi connectivity index (χ1n) is 5.92. The van der Waals surface area contributed by atoms with Crippen molar-refractivity contribution in [1.29, 1.82) is 0 Å². The van der Waals surface area contributed by atoms with Gasteiger partial charge >= 0.3 is 6.03 Å². The Morgan fingerprint density at radius 1 is 1.11 bits per heavy atom. The van der Waals surface area contributed by atoms with Gasteiger partial charge in [0.1, 0.15) is 5.75 Å². The van der Waals surface area contributed by atoms with Crippen molar-refractivity contribution in [3.63, 3.8) is 0 Å². The molecule has 2 amide bonds. The Bertz CT molecular complexity index is 628. The van der Waals surface area contributed by atoms with Crippen molar-refractivity contribution in [3.8, 4) is 11.5 Å². The van der Waals surface area contributed by atoms with Gasteiger partial charge in [0.25, 0.3) is 0 Å². The number of urea groups is 1. The van der Waals surface area contributed by atoms with Gasteiger partial charge in [-0.05, 0) is 18.2 Å². The second kappa shape index (κ2) is 4.62. The zero-order valence-corrected chi connectivity index (χ0v) is 10.2. The number of hydrazine groups is 1. The van der Waals surface area contributed by atoms with Gasteiger partial charge < -0.3 is 4.74 Å². The molecule has 3 N–H and O–H groups in total. The molecule has 1 heterocycles. The average molecular weight is 255 g/mol. The summed E-state index contributed by atoms with van der Waals surface area (Å²) in [5.74, 6) is 6.64.